The Hall–Kier alpha value is -0.320. The number of piperidine rings is 1. The molecule has 1 amide bonds. The molecule has 0 aromatic carbocycles. The lowest BCUT2D eigenvalue weighted by Crippen LogP contribution is -2.51. The summed E-state index contributed by atoms with van der Waals surface area (Å²) >= 11 is 0. The average molecular weight is 249 g/mol. The van der Waals surface area contributed by atoms with Crippen LogP contribution in [0.1, 0.15) is 19.8 Å². The molecule has 0 saturated carbocycles. The van der Waals surface area contributed by atoms with Gasteiger partial charge in [-0.05, 0) is 18.8 Å². The topological polar surface area (TPSA) is 41.6 Å². The van der Waals surface area contributed by atoms with E-state index in [9.17, 15) is 4.79 Å². The Kier molecular flexibility index (Phi) is 5.52. The third-order valence-electron chi connectivity index (χ3n) is 3.17. The Morgan fingerprint density at radius 3 is 2.94 bits per heavy atom. The fraction of sp³-hybridized carbons (Fsp3) is 0.909. The monoisotopic (exact) mass is 248 g/mol. The summed E-state index contributed by atoms with van der Waals surface area (Å²) in [6, 6.07) is 0. The van der Waals surface area contributed by atoms with Gasteiger partial charge in [-0.1, -0.05) is 6.92 Å². The molecule has 2 heterocycles. The van der Waals surface area contributed by atoms with Crippen LogP contribution in [0.2, 0.25) is 0 Å². The third-order valence-corrected chi connectivity index (χ3v) is 3.17. The van der Waals surface area contributed by atoms with Crippen molar-refractivity contribution in [2.45, 2.75) is 25.9 Å². The Labute approximate surface area is 103 Å². The number of halogens is 1. The van der Waals surface area contributed by atoms with Gasteiger partial charge in [0.15, 0.2) is 0 Å². The molecule has 2 unspecified atom stereocenters. The van der Waals surface area contributed by atoms with Crippen LogP contribution in [-0.4, -0.2) is 49.7 Å². The van der Waals surface area contributed by atoms with Gasteiger partial charge < -0.3 is 15.0 Å². The SMILES string of the molecule is CC1CCCN(C(=O)C2CNCCO2)C1.Cl. The van der Waals surface area contributed by atoms with E-state index in [4.69, 9.17) is 4.74 Å². The quantitative estimate of drug-likeness (QED) is 0.741. The minimum atomic E-state index is -0.246. The molecule has 0 aromatic rings. The normalized spacial score (nSPS) is 30.7. The van der Waals surface area contributed by atoms with Gasteiger partial charge in [-0.25, -0.2) is 0 Å². The Balaban J connectivity index is 0.00000128. The van der Waals surface area contributed by atoms with Crippen LogP contribution in [0, 0.1) is 5.92 Å². The molecule has 0 aliphatic carbocycles. The largest absolute Gasteiger partial charge is 0.366 e. The van der Waals surface area contributed by atoms with E-state index in [1.54, 1.807) is 0 Å². The lowest BCUT2D eigenvalue weighted by atomic mass is 10.00. The molecule has 2 aliphatic heterocycles. The van der Waals surface area contributed by atoms with Gasteiger partial charge >= 0.3 is 0 Å². The number of hydrogen-bond donors (Lipinski definition) is 1. The van der Waals surface area contributed by atoms with Crippen molar-refractivity contribution >= 4 is 18.3 Å². The number of carbonyl (C=O) groups excluding carboxylic acids is 1. The molecule has 2 aliphatic rings. The molecule has 0 bridgehead atoms. The van der Waals surface area contributed by atoms with E-state index in [0.717, 1.165) is 26.1 Å². The van der Waals surface area contributed by atoms with Gasteiger partial charge in [-0.3, -0.25) is 4.79 Å². The van der Waals surface area contributed by atoms with Crippen molar-refractivity contribution in [2.24, 2.45) is 5.92 Å². The summed E-state index contributed by atoms with van der Waals surface area (Å²) in [4.78, 5) is 14.0. The minimum Gasteiger partial charge on any atom is -0.366 e. The highest BCUT2D eigenvalue weighted by Gasteiger charge is 2.29. The smallest absolute Gasteiger partial charge is 0.253 e. The number of carbonyl (C=O) groups is 1. The predicted octanol–water partition coefficient (Wildman–Crippen LogP) is 0.655. The van der Waals surface area contributed by atoms with Crippen LogP contribution in [-0.2, 0) is 9.53 Å². The van der Waals surface area contributed by atoms with Gasteiger partial charge in [0.25, 0.3) is 5.91 Å². The van der Waals surface area contributed by atoms with E-state index in [2.05, 4.69) is 12.2 Å². The van der Waals surface area contributed by atoms with E-state index in [1.165, 1.54) is 6.42 Å². The van der Waals surface area contributed by atoms with Crippen LogP contribution in [0.25, 0.3) is 0 Å². The van der Waals surface area contributed by atoms with E-state index in [-0.39, 0.29) is 24.4 Å². The molecular weight excluding hydrogens is 228 g/mol. The number of ether oxygens (including phenoxy) is 1. The first kappa shape index (κ1) is 13.7. The Morgan fingerprint density at radius 1 is 1.50 bits per heavy atom. The highest BCUT2D eigenvalue weighted by atomic mass is 35.5. The molecule has 2 saturated heterocycles. The summed E-state index contributed by atoms with van der Waals surface area (Å²) in [5.41, 5.74) is 0. The van der Waals surface area contributed by atoms with E-state index < -0.39 is 0 Å². The van der Waals surface area contributed by atoms with Crippen molar-refractivity contribution in [2.75, 3.05) is 32.8 Å². The fourth-order valence-electron chi connectivity index (χ4n) is 2.32. The van der Waals surface area contributed by atoms with Crippen LogP contribution in [0.3, 0.4) is 0 Å². The number of morpholine rings is 1. The van der Waals surface area contributed by atoms with Crippen LogP contribution in [0.4, 0.5) is 0 Å². The van der Waals surface area contributed by atoms with Crippen LogP contribution < -0.4 is 5.32 Å². The fourth-order valence-corrected chi connectivity index (χ4v) is 2.32. The number of hydrogen-bond acceptors (Lipinski definition) is 3. The first-order chi connectivity index (χ1) is 7.27. The number of rotatable bonds is 1. The first-order valence-corrected chi connectivity index (χ1v) is 5.88. The number of nitrogens with zero attached hydrogens (tertiary/aromatic N) is 1. The lowest BCUT2D eigenvalue weighted by molar-refractivity contribution is -0.146. The van der Waals surface area contributed by atoms with Gasteiger partial charge in [0.2, 0.25) is 0 Å². The molecule has 0 spiro atoms. The second-order valence-corrected chi connectivity index (χ2v) is 4.60. The molecule has 0 aromatic heterocycles. The second kappa shape index (κ2) is 6.42. The van der Waals surface area contributed by atoms with Crippen molar-refractivity contribution in [3.63, 3.8) is 0 Å². The van der Waals surface area contributed by atoms with E-state index in [1.807, 2.05) is 4.90 Å². The maximum absolute atomic E-state index is 12.1. The van der Waals surface area contributed by atoms with Crippen LogP contribution >= 0.6 is 12.4 Å². The minimum absolute atomic E-state index is 0. The summed E-state index contributed by atoms with van der Waals surface area (Å²) < 4.78 is 5.47. The number of amides is 1. The molecule has 0 radical (unpaired) electrons. The maximum atomic E-state index is 12.1. The summed E-state index contributed by atoms with van der Waals surface area (Å²) in [6.07, 6.45) is 2.13. The molecule has 16 heavy (non-hydrogen) atoms. The van der Waals surface area contributed by atoms with Gasteiger partial charge in [0, 0.05) is 26.2 Å². The van der Waals surface area contributed by atoms with E-state index in [0.29, 0.717) is 19.1 Å². The van der Waals surface area contributed by atoms with Crippen molar-refractivity contribution in [3.8, 4) is 0 Å². The molecule has 5 heteroatoms. The van der Waals surface area contributed by atoms with Gasteiger partial charge in [-0.2, -0.15) is 0 Å². The Morgan fingerprint density at radius 2 is 2.31 bits per heavy atom. The summed E-state index contributed by atoms with van der Waals surface area (Å²) in [5, 5.41) is 3.19. The second-order valence-electron chi connectivity index (χ2n) is 4.60. The lowest BCUT2D eigenvalue weighted by Gasteiger charge is -2.34. The Bertz CT molecular complexity index is 232. The highest BCUT2D eigenvalue weighted by molar-refractivity contribution is 5.85. The van der Waals surface area contributed by atoms with Gasteiger partial charge in [-0.15, -0.1) is 12.4 Å². The average Bonchev–Trinajstić information content (AvgIpc) is 2.29. The van der Waals surface area contributed by atoms with Crippen molar-refractivity contribution in [1.82, 2.24) is 10.2 Å². The number of likely N-dealkylation sites (tertiary alicyclic amines) is 1. The summed E-state index contributed by atoms with van der Waals surface area (Å²) in [6.45, 7) is 6.20. The summed E-state index contributed by atoms with van der Waals surface area (Å²) in [7, 11) is 0. The molecule has 94 valence electrons. The summed E-state index contributed by atoms with van der Waals surface area (Å²) in [5.74, 6) is 0.813. The zero-order chi connectivity index (χ0) is 10.7. The van der Waals surface area contributed by atoms with Crippen molar-refractivity contribution in [3.05, 3.63) is 0 Å². The molecule has 2 fully saturated rings. The third kappa shape index (κ3) is 3.34. The zero-order valence-corrected chi connectivity index (χ0v) is 10.6. The number of nitrogens with one attached hydrogen (secondary N) is 1. The highest BCUT2D eigenvalue weighted by Crippen LogP contribution is 2.17. The molecule has 2 atom stereocenters. The van der Waals surface area contributed by atoms with Crippen molar-refractivity contribution in [1.29, 1.82) is 0 Å². The van der Waals surface area contributed by atoms with Gasteiger partial charge in [0.05, 0.1) is 6.61 Å². The molecular formula is C11H21ClN2O2. The molecule has 2 rings (SSSR count). The predicted molar refractivity (Wildman–Crippen MR) is 64.8 cm³/mol. The van der Waals surface area contributed by atoms with Crippen LogP contribution in [0.15, 0.2) is 0 Å². The standard InChI is InChI=1S/C11H20N2O2.ClH/c1-9-3-2-5-13(8-9)11(14)10-7-12-4-6-15-10;/h9-10,12H,2-8H2,1H3;1H. The van der Waals surface area contributed by atoms with Crippen LogP contribution in [0.5, 0.6) is 0 Å². The van der Waals surface area contributed by atoms with Gasteiger partial charge in [0.1, 0.15) is 6.10 Å². The van der Waals surface area contributed by atoms with E-state index >= 15 is 0 Å². The van der Waals surface area contributed by atoms with Crippen molar-refractivity contribution < 1.29 is 9.53 Å². The zero-order valence-electron chi connectivity index (χ0n) is 9.78. The maximum Gasteiger partial charge on any atom is 0.253 e. The molecule has 4 nitrogen and oxygen atoms in total. The first-order valence-electron chi connectivity index (χ1n) is 5.88. The molecule has 1 N–H and O–H groups in total.